The molecule has 24 heavy (non-hydrogen) atoms. The minimum Gasteiger partial charge on any atom is -0.321 e. The molecule has 2 amide bonds. The number of carbonyl (C=O) groups excluding carboxylic acids is 1. The summed E-state index contributed by atoms with van der Waals surface area (Å²) in [6.07, 6.45) is 4.71. The quantitative estimate of drug-likeness (QED) is 0.763. The first kappa shape index (κ1) is 15.1. The molecule has 0 radical (unpaired) electrons. The smallest absolute Gasteiger partial charge is 0.321 e. The van der Waals surface area contributed by atoms with Gasteiger partial charge in [0, 0.05) is 24.2 Å². The number of likely N-dealkylation sites (tertiary alicyclic amines) is 1. The van der Waals surface area contributed by atoms with Gasteiger partial charge in [-0.2, -0.15) is 0 Å². The number of hydrogen-bond acceptors (Lipinski definition) is 3. The average Bonchev–Trinajstić information content (AvgIpc) is 3.27. The summed E-state index contributed by atoms with van der Waals surface area (Å²) >= 11 is 1.45. The Kier molecular flexibility index (Phi) is 4.17. The van der Waals surface area contributed by atoms with Crippen molar-refractivity contribution in [1.82, 2.24) is 9.88 Å². The van der Waals surface area contributed by atoms with Gasteiger partial charge >= 0.3 is 6.03 Å². The number of fused-ring (bicyclic) bond motifs is 1. The topological polar surface area (TPSA) is 45.2 Å². The molecule has 122 valence electrons. The SMILES string of the molecule is O=C(Nc1nccs1)N1CCCC1Cc1cccc2ccccc12. The molecule has 2 heterocycles. The Morgan fingerprint density at radius 2 is 2.12 bits per heavy atom. The molecule has 2 aromatic carbocycles. The van der Waals surface area contributed by atoms with Gasteiger partial charge in [0.2, 0.25) is 0 Å². The number of aromatic nitrogens is 1. The molecular formula is C19H19N3OS. The second kappa shape index (κ2) is 6.61. The first-order chi connectivity index (χ1) is 11.8. The average molecular weight is 337 g/mol. The number of urea groups is 1. The van der Waals surface area contributed by atoms with Crippen LogP contribution in [0.5, 0.6) is 0 Å². The lowest BCUT2D eigenvalue weighted by molar-refractivity contribution is 0.206. The summed E-state index contributed by atoms with van der Waals surface area (Å²) in [5, 5.41) is 7.98. The number of rotatable bonds is 3. The number of carbonyl (C=O) groups is 1. The van der Waals surface area contributed by atoms with Gasteiger partial charge in [0.25, 0.3) is 0 Å². The number of amides is 2. The number of anilines is 1. The molecule has 1 unspecified atom stereocenters. The highest BCUT2D eigenvalue weighted by Gasteiger charge is 2.29. The molecule has 1 aliphatic heterocycles. The molecule has 1 aromatic heterocycles. The predicted molar refractivity (Wildman–Crippen MR) is 98.5 cm³/mol. The maximum Gasteiger partial charge on any atom is 0.323 e. The zero-order chi connectivity index (χ0) is 16.4. The third-order valence-corrected chi connectivity index (χ3v) is 5.31. The van der Waals surface area contributed by atoms with Gasteiger partial charge in [-0.15, -0.1) is 11.3 Å². The normalized spacial score (nSPS) is 17.3. The maximum absolute atomic E-state index is 12.6. The Labute approximate surface area is 145 Å². The van der Waals surface area contributed by atoms with Crippen LogP contribution in [-0.4, -0.2) is 28.5 Å². The molecule has 1 fully saturated rings. The Hall–Kier alpha value is -2.40. The highest BCUT2D eigenvalue weighted by molar-refractivity contribution is 7.13. The van der Waals surface area contributed by atoms with Gasteiger partial charge in [-0.05, 0) is 35.6 Å². The van der Waals surface area contributed by atoms with E-state index < -0.39 is 0 Å². The molecule has 3 aromatic rings. The summed E-state index contributed by atoms with van der Waals surface area (Å²) in [5.74, 6) is 0. The van der Waals surface area contributed by atoms with Gasteiger partial charge in [-0.1, -0.05) is 42.5 Å². The fourth-order valence-electron chi connectivity index (χ4n) is 3.49. The number of hydrogen-bond donors (Lipinski definition) is 1. The van der Waals surface area contributed by atoms with Crippen LogP contribution in [-0.2, 0) is 6.42 Å². The third-order valence-electron chi connectivity index (χ3n) is 4.62. The third kappa shape index (κ3) is 2.99. The van der Waals surface area contributed by atoms with Crippen LogP contribution in [0.15, 0.2) is 54.0 Å². The van der Waals surface area contributed by atoms with Crippen molar-refractivity contribution >= 4 is 33.3 Å². The number of nitrogens with one attached hydrogen (secondary N) is 1. The van der Waals surface area contributed by atoms with E-state index in [2.05, 4.69) is 52.8 Å². The largest absolute Gasteiger partial charge is 0.323 e. The summed E-state index contributed by atoms with van der Waals surface area (Å²) in [6, 6.07) is 15.1. The predicted octanol–water partition coefficient (Wildman–Crippen LogP) is 4.54. The second-order valence-electron chi connectivity index (χ2n) is 6.10. The molecule has 0 spiro atoms. The van der Waals surface area contributed by atoms with E-state index in [1.807, 2.05) is 10.3 Å². The van der Waals surface area contributed by atoms with Crippen molar-refractivity contribution in [2.75, 3.05) is 11.9 Å². The van der Waals surface area contributed by atoms with Crippen molar-refractivity contribution in [2.45, 2.75) is 25.3 Å². The Morgan fingerprint density at radius 3 is 3.00 bits per heavy atom. The van der Waals surface area contributed by atoms with Gasteiger partial charge in [0.15, 0.2) is 5.13 Å². The van der Waals surface area contributed by atoms with E-state index in [0.717, 1.165) is 25.8 Å². The minimum atomic E-state index is -0.0345. The summed E-state index contributed by atoms with van der Waals surface area (Å²) in [5.41, 5.74) is 1.31. The highest BCUT2D eigenvalue weighted by Crippen LogP contribution is 2.26. The van der Waals surface area contributed by atoms with E-state index in [0.29, 0.717) is 5.13 Å². The van der Waals surface area contributed by atoms with Gasteiger partial charge in [0.05, 0.1) is 0 Å². The molecule has 1 saturated heterocycles. The second-order valence-corrected chi connectivity index (χ2v) is 6.99. The van der Waals surface area contributed by atoms with Crippen molar-refractivity contribution < 1.29 is 4.79 Å². The van der Waals surface area contributed by atoms with Gasteiger partial charge in [0.1, 0.15) is 0 Å². The van der Waals surface area contributed by atoms with E-state index in [1.54, 1.807) is 6.20 Å². The standard InChI is InChI=1S/C19H19N3OS/c23-19(21-18-20-10-12-24-18)22-11-4-8-16(22)13-15-7-3-6-14-5-1-2-9-17(14)15/h1-3,5-7,9-10,12,16H,4,8,11,13H2,(H,20,21,23). The molecule has 1 N–H and O–H groups in total. The van der Waals surface area contributed by atoms with Crippen molar-refractivity contribution in [3.05, 3.63) is 59.6 Å². The first-order valence-electron chi connectivity index (χ1n) is 8.25. The van der Waals surface area contributed by atoms with Crippen molar-refractivity contribution in [2.24, 2.45) is 0 Å². The van der Waals surface area contributed by atoms with Crippen LogP contribution in [0, 0.1) is 0 Å². The lowest BCUT2D eigenvalue weighted by atomic mass is 9.98. The van der Waals surface area contributed by atoms with Crippen LogP contribution in [0.4, 0.5) is 9.93 Å². The Balaban J connectivity index is 1.53. The van der Waals surface area contributed by atoms with Crippen molar-refractivity contribution in [3.8, 4) is 0 Å². The molecule has 1 aliphatic rings. The minimum absolute atomic E-state index is 0.0345. The maximum atomic E-state index is 12.6. The summed E-state index contributed by atoms with van der Waals surface area (Å²) in [6.45, 7) is 0.812. The lowest BCUT2D eigenvalue weighted by Crippen LogP contribution is -2.39. The fourth-order valence-corrected chi connectivity index (χ4v) is 4.01. The molecule has 0 aliphatic carbocycles. The van der Waals surface area contributed by atoms with E-state index >= 15 is 0 Å². The molecule has 4 nitrogen and oxygen atoms in total. The van der Waals surface area contributed by atoms with Crippen LogP contribution in [0.25, 0.3) is 10.8 Å². The fraction of sp³-hybridized carbons (Fsp3) is 0.263. The molecule has 4 rings (SSSR count). The molecule has 0 bridgehead atoms. The van der Waals surface area contributed by atoms with Crippen LogP contribution >= 0.6 is 11.3 Å². The van der Waals surface area contributed by atoms with E-state index in [-0.39, 0.29) is 12.1 Å². The van der Waals surface area contributed by atoms with E-state index in [9.17, 15) is 4.79 Å². The molecule has 0 saturated carbocycles. The summed E-state index contributed by atoms with van der Waals surface area (Å²) < 4.78 is 0. The van der Waals surface area contributed by atoms with Crippen LogP contribution < -0.4 is 5.32 Å². The van der Waals surface area contributed by atoms with Crippen LogP contribution in [0.2, 0.25) is 0 Å². The summed E-state index contributed by atoms with van der Waals surface area (Å²) in [7, 11) is 0. The van der Waals surface area contributed by atoms with Gasteiger partial charge < -0.3 is 4.90 Å². The zero-order valence-corrected chi connectivity index (χ0v) is 14.1. The number of benzene rings is 2. The first-order valence-corrected chi connectivity index (χ1v) is 9.13. The van der Waals surface area contributed by atoms with Gasteiger partial charge in [-0.25, -0.2) is 9.78 Å². The monoisotopic (exact) mass is 337 g/mol. The van der Waals surface area contributed by atoms with Crippen LogP contribution in [0.3, 0.4) is 0 Å². The number of nitrogens with zero attached hydrogens (tertiary/aromatic N) is 2. The molecular weight excluding hydrogens is 318 g/mol. The van der Waals surface area contributed by atoms with Crippen LogP contribution in [0.1, 0.15) is 18.4 Å². The molecule has 5 heteroatoms. The van der Waals surface area contributed by atoms with Gasteiger partial charge in [-0.3, -0.25) is 5.32 Å². The van der Waals surface area contributed by atoms with Crippen molar-refractivity contribution in [3.63, 3.8) is 0 Å². The molecule has 1 atom stereocenters. The Morgan fingerprint density at radius 1 is 1.25 bits per heavy atom. The van der Waals surface area contributed by atoms with Crippen molar-refractivity contribution in [1.29, 1.82) is 0 Å². The van der Waals surface area contributed by atoms with E-state index in [4.69, 9.17) is 0 Å². The lowest BCUT2D eigenvalue weighted by Gasteiger charge is -2.25. The Bertz CT molecular complexity index is 841. The summed E-state index contributed by atoms with van der Waals surface area (Å²) in [4.78, 5) is 18.7. The zero-order valence-electron chi connectivity index (χ0n) is 13.3. The highest BCUT2D eigenvalue weighted by atomic mass is 32.1. The van der Waals surface area contributed by atoms with E-state index in [1.165, 1.54) is 27.7 Å². The number of thiazole rings is 1.